The fourth-order valence-corrected chi connectivity index (χ4v) is 2.08. The highest BCUT2D eigenvalue weighted by Gasteiger charge is 2.18. The highest BCUT2D eigenvalue weighted by molar-refractivity contribution is 5.89. The number of nitrogens with zero attached hydrogens (tertiary/aromatic N) is 1. The summed E-state index contributed by atoms with van der Waals surface area (Å²) in [5.41, 5.74) is 0.639. The van der Waals surface area contributed by atoms with Gasteiger partial charge in [0.05, 0.1) is 12.2 Å². The van der Waals surface area contributed by atoms with Gasteiger partial charge in [-0.15, -0.1) is 0 Å². The molecule has 2 rings (SSSR count). The zero-order valence-electron chi connectivity index (χ0n) is 10.3. The minimum Gasteiger partial charge on any atom is -0.462 e. The van der Waals surface area contributed by atoms with E-state index in [0.29, 0.717) is 18.1 Å². The van der Waals surface area contributed by atoms with Gasteiger partial charge in [0.2, 0.25) is 0 Å². The normalized spacial score (nSPS) is 17.9. The van der Waals surface area contributed by atoms with Crippen LogP contribution in [0.15, 0.2) is 30.3 Å². The van der Waals surface area contributed by atoms with Gasteiger partial charge in [0.25, 0.3) is 0 Å². The first kappa shape index (κ1) is 12.1. The molecule has 92 valence electrons. The molecule has 0 unspecified atom stereocenters. The second kappa shape index (κ2) is 5.82. The summed E-state index contributed by atoms with van der Waals surface area (Å²) in [6.07, 6.45) is 2.25. The smallest absolute Gasteiger partial charge is 0.338 e. The maximum absolute atomic E-state index is 11.7. The van der Waals surface area contributed by atoms with Gasteiger partial charge in [-0.25, -0.2) is 4.79 Å². The summed E-state index contributed by atoms with van der Waals surface area (Å²) in [5.74, 6) is 0.323. The van der Waals surface area contributed by atoms with E-state index in [4.69, 9.17) is 4.74 Å². The van der Waals surface area contributed by atoms with Gasteiger partial charge in [-0.05, 0) is 51.0 Å². The van der Waals surface area contributed by atoms with Crippen LogP contribution in [0.5, 0.6) is 0 Å². The van der Waals surface area contributed by atoms with Gasteiger partial charge in [-0.3, -0.25) is 0 Å². The number of benzene rings is 1. The lowest BCUT2D eigenvalue weighted by molar-refractivity contribution is 0.0384. The first-order valence-electron chi connectivity index (χ1n) is 6.16. The predicted octanol–water partition coefficient (Wildman–Crippen LogP) is 2.19. The standard InChI is InChI=1S/C14H19NO2/c1-15-9-7-12(8-10-15)11-17-14(16)13-5-3-2-4-6-13/h2-6,12H,7-11H2,1H3. The van der Waals surface area contributed by atoms with Crippen molar-refractivity contribution in [3.8, 4) is 0 Å². The lowest BCUT2D eigenvalue weighted by atomic mass is 9.98. The van der Waals surface area contributed by atoms with Crippen molar-refractivity contribution < 1.29 is 9.53 Å². The van der Waals surface area contributed by atoms with Crippen LogP contribution < -0.4 is 0 Å². The van der Waals surface area contributed by atoms with E-state index >= 15 is 0 Å². The molecular formula is C14H19NO2. The SMILES string of the molecule is CN1CCC(COC(=O)c2ccccc2)CC1. The van der Waals surface area contributed by atoms with E-state index in [9.17, 15) is 4.79 Å². The Bertz CT molecular complexity index is 356. The van der Waals surface area contributed by atoms with Crippen molar-refractivity contribution in [1.29, 1.82) is 0 Å². The average Bonchev–Trinajstić information content (AvgIpc) is 2.39. The van der Waals surface area contributed by atoms with Crippen LogP contribution in [-0.2, 0) is 4.74 Å². The Hall–Kier alpha value is -1.35. The van der Waals surface area contributed by atoms with Crippen LogP contribution in [0.25, 0.3) is 0 Å². The van der Waals surface area contributed by atoms with Gasteiger partial charge < -0.3 is 9.64 Å². The molecule has 0 aromatic heterocycles. The van der Waals surface area contributed by atoms with Gasteiger partial charge in [0, 0.05) is 0 Å². The van der Waals surface area contributed by atoms with Crippen LogP contribution in [0, 0.1) is 5.92 Å². The van der Waals surface area contributed by atoms with Crippen molar-refractivity contribution in [3.05, 3.63) is 35.9 Å². The molecule has 0 N–H and O–H groups in total. The lowest BCUT2D eigenvalue weighted by Crippen LogP contribution is -2.32. The molecule has 3 nitrogen and oxygen atoms in total. The fourth-order valence-electron chi connectivity index (χ4n) is 2.08. The Kier molecular flexibility index (Phi) is 4.15. The van der Waals surface area contributed by atoms with Gasteiger partial charge in [0.1, 0.15) is 0 Å². The molecule has 1 aromatic rings. The third kappa shape index (κ3) is 3.56. The Morgan fingerprint density at radius 3 is 2.59 bits per heavy atom. The minimum absolute atomic E-state index is 0.204. The molecule has 0 radical (unpaired) electrons. The molecule has 0 atom stereocenters. The number of carbonyl (C=O) groups is 1. The van der Waals surface area contributed by atoms with Crippen LogP contribution in [0.2, 0.25) is 0 Å². The first-order valence-corrected chi connectivity index (χ1v) is 6.16. The number of hydrogen-bond acceptors (Lipinski definition) is 3. The van der Waals surface area contributed by atoms with Gasteiger partial charge >= 0.3 is 5.97 Å². The number of hydrogen-bond donors (Lipinski definition) is 0. The fraction of sp³-hybridized carbons (Fsp3) is 0.500. The lowest BCUT2D eigenvalue weighted by Gasteiger charge is -2.28. The molecule has 0 amide bonds. The Morgan fingerprint density at radius 2 is 1.94 bits per heavy atom. The third-order valence-electron chi connectivity index (χ3n) is 3.30. The topological polar surface area (TPSA) is 29.5 Å². The molecule has 1 heterocycles. The molecule has 3 heteroatoms. The monoisotopic (exact) mass is 233 g/mol. The zero-order chi connectivity index (χ0) is 12.1. The summed E-state index contributed by atoms with van der Waals surface area (Å²) < 4.78 is 5.35. The molecule has 17 heavy (non-hydrogen) atoms. The van der Waals surface area contributed by atoms with E-state index in [2.05, 4.69) is 11.9 Å². The number of ether oxygens (including phenoxy) is 1. The van der Waals surface area contributed by atoms with Crippen LogP contribution in [0.3, 0.4) is 0 Å². The van der Waals surface area contributed by atoms with E-state index in [1.165, 1.54) is 0 Å². The summed E-state index contributed by atoms with van der Waals surface area (Å²) in [6.45, 7) is 2.77. The number of rotatable bonds is 3. The number of carbonyl (C=O) groups excluding carboxylic acids is 1. The van der Waals surface area contributed by atoms with Crippen molar-refractivity contribution in [3.63, 3.8) is 0 Å². The third-order valence-corrected chi connectivity index (χ3v) is 3.30. The number of likely N-dealkylation sites (tertiary alicyclic amines) is 1. The maximum Gasteiger partial charge on any atom is 0.338 e. The van der Waals surface area contributed by atoms with Gasteiger partial charge in [-0.1, -0.05) is 18.2 Å². The Morgan fingerprint density at radius 1 is 1.29 bits per heavy atom. The summed E-state index contributed by atoms with van der Waals surface area (Å²) in [5, 5.41) is 0. The molecule has 1 aromatic carbocycles. The van der Waals surface area contributed by atoms with Crippen molar-refractivity contribution in [2.45, 2.75) is 12.8 Å². The molecule has 1 fully saturated rings. The molecule has 1 aliphatic rings. The van der Waals surface area contributed by atoms with Crippen LogP contribution in [0.4, 0.5) is 0 Å². The summed E-state index contributed by atoms with van der Waals surface area (Å²) >= 11 is 0. The summed E-state index contributed by atoms with van der Waals surface area (Å²) in [4.78, 5) is 14.0. The average molecular weight is 233 g/mol. The van der Waals surface area contributed by atoms with Crippen molar-refractivity contribution in [2.24, 2.45) is 5.92 Å². The summed E-state index contributed by atoms with van der Waals surface area (Å²) in [7, 11) is 2.13. The van der Waals surface area contributed by atoms with E-state index < -0.39 is 0 Å². The van der Waals surface area contributed by atoms with Crippen LogP contribution in [-0.4, -0.2) is 37.6 Å². The van der Waals surface area contributed by atoms with Crippen molar-refractivity contribution in [1.82, 2.24) is 4.90 Å². The Labute approximate surface area is 102 Å². The number of piperidine rings is 1. The van der Waals surface area contributed by atoms with E-state index in [-0.39, 0.29) is 5.97 Å². The van der Waals surface area contributed by atoms with Crippen molar-refractivity contribution in [2.75, 3.05) is 26.7 Å². The molecule has 0 spiro atoms. The zero-order valence-corrected chi connectivity index (χ0v) is 10.3. The molecule has 0 aliphatic carbocycles. The molecule has 1 aliphatic heterocycles. The highest BCUT2D eigenvalue weighted by Crippen LogP contribution is 2.16. The molecular weight excluding hydrogens is 214 g/mol. The second-order valence-electron chi connectivity index (χ2n) is 4.71. The predicted molar refractivity (Wildman–Crippen MR) is 66.9 cm³/mol. The first-order chi connectivity index (χ1) is 8.25. The highest BCUT2D eigenvalue weighted by atomic mass is 16.5. The second-order valence-corrected chi connectivity index (χ2v) is 4.71. The van der Waals surface area contributed by atoms with Gasteiger partial charge in [-0.2, -0.15) is 0 Å². The van der Waals surface area contributed by atoms with Crippen LogP contribution in [0.1, 0.15) is 23.2 Å². The quantitative estimate of drug-likeness (QED) is 0.749. The number of esters is 1. The molecule has 1 saturated heterocycles. The minimum atomic E-state index is -0.204. The molecule has 0 bridgehead atoms. The van der Waals surface area contributed by atoms with Crippen LogP contribution >= 0.6 is 0 Å². The van der Waals surface area contributed by atoms with E-state index in [1.54, 1.807) is 12.1 Å². The summed E-state index contributed by atoms with van der Waals surface area (Å²) in [6, 6.07) is 9.18. The van der Waals surface area contributed by atoms with Crippen molar-refractivity contribution >= 4 is 5.97 Å². The largest absolute Gasteiger partial charge is 0.462 e. The van der Waals surface area contributed by atoms with E-state index in [1.807, 2.05) is 18.2 Å². The Balaban J connectivity index is 1.77. The van der Waals surface area contributed by atoms with E-state index in [0.717, 1.165) is 25.9 Å². The maximum atomic E-state index is 11.7. The van der Waals surface area contributed by atoms with Gasteiger partial charge in [0.15, 0.2) is 0 Å². The molecule has 0 saturated carbocycles.